The molecule has 2 aromatic rings. The van der Waals surface area contributed by atoms with E-state index in [2.05, 4.69) is 5.32 Å². The predicted octanol–water partition coefficient (Wildman–Crippen LogP) is 2.92. The van der Waals surface area contributed by atoms with Gasteiger partial charge in [0.05, 0.1) is 24.1 Å². The van der Waals surface area contributed by atoms with Crippen molar-refractivity contribution in [3.8, 4) is 5.75 Å². The SMILES string of the molecule is COc1ccc(S(=O)(=O)N(C)C)cc1NC(=O)Cc1c(F)cccc1Cl. The van der Waals surface area contributed by atoms with Crippen LogP contribution >= 0.6 is 11.6 Å². The van der Waals surface area contributed by atoms with Crippen molar-refractivity contribution in [1.29, 1.82) is 0 Å². The first kappa shape index (κ1) is 20.2. The number of hydrogen-bond acceptors (Lipinski definition) is 4. The van der Waals surface area contributed by atoms with E-state index < -0.39 is 21.7 Å². The van der Waals surface area contributed by atoms with Gasteiger partial charge in [0, 0.05) is 24.7 Å². The van der Waals surface area contributed by atoms with E-state index in [-0.39, 0.29) is 33.3 Å². The number of rotatable bonds is 6. The minimum absolute atomic E-state index is 0.0116. The molecule has 1 amide bonds. The van der Waals surface area contributed by atoms with Gasteiger partial charge >= 0.3 is 0 Å². The molecule has 1 N–H and O–H groups in total. The molecule has 0 aliphatic heterocycles. The van der Waals surface area contributed by atoms with E-state index in [1.165, 1.54) is 57.6 Å². The number of nitrogens with one attached hydrogen (secondary N) is 1. The van der Waals surface area contributed by atoms with Crippen LogP contribution in [-0.4, -0.2) is 39.8 Å². The van der Waals surface area contributed by atoms with Gasteiger partial charge in [-0.25, -0.2) is 17.1 Å². The smallest absolute Gasteiger partial charge is 0.242 e. The number of sulfonamides is 1. The van der Waals surface area contributed by atoms with Gasteiger partial charge in [-0.3, -0.25) is 4.79 Å². The number of amides is 1. The lowest BCUT2D eigenvalue weighted by atomic mass is 10.1. The summed E-state index contributed by atoms with van der Waals surface area (Å²) in [6.07, 6.45) is -0.306. The molecule has 0 saturated carbocycles. The van der Waals surface area contributed by atoms with E-state index >= 15 is 0 Å². The van der Waals surface area contributed by atoms with Gasteiger partial charge < -0.3 is 10.1 Å². The van der Waals surface area contributed by atoms with Gasteiger partial charge in [-0.1, -0.05) is 17.7 Å². The van der Waals surface area contributed by atoms with Crippen LogP contribution in [0.1, 0.15) is 5.56 Å². The van der Waals surface area contributed by atoms with Crippen molar-refractivity contribution < 1.29 is 22.3 Å². The Morgan fingerprint density at radius 2 is 1.96 bits per heavy atom. The van der Waals surface area contributed by atoms with Crippen molar-refractivity contribution >= 4 is 33.2 Å². The molecule has 0 fully saturated rings. The summed E-state index contributed by atoms with van der Waals surface area (Å²) in [7, 11) is 0.502. The van der Waals surface area contributed by atoms with Gasteiger partial charge in [-0.15, -0.1) is 0 Å². The van der Waals surface area contributed by atoms with Crippen molar-refractivity contribution in [2.75, 3.05) is 26.5 Å². The highest BCUT2D eigenvalue weighted by Gasteiger charge is 2.20. The van der Waals surface area contributed by atoms with E-state index in [1.807, 2.05) is 0 Å². The number of ether oxygens (including phenoxy) is 1. The maximum Gasteiger partial charge on any atom is 0.242 e. The molecule has 0 unspecified atom stereocenters. The minimum Gasteiger partial charge on any atom is -0.495 e. The lowest BCUT2D eigenvalue weighted by Gasteiger charge is -2.15. The van der Waals surface area contributed by atoms with Crippen molar-refractivity contribution in [3.63, 3.8) is 0 Å². The summed E-state index contributed by atoms with van der Waals surface area (Å²) in [4.78, 5) is 12.3. The topological polar surface area (TPSA) is 75.7 Å². The molecule has 140 valence electrons. The second-order valence-corrected chi connectivity index (χ2v) is 8.13. The predicted molar refractivity (Wildman–Crippen MR) is 97.6 cm³/mol. The Bertz CT molecular complexity index is 912. The number of carbonyl (C=O) groups is 1. The third kappa shape index (κ3) is 4.32. The van der Waals surface area contributed by atoms with Crippen LogP contribution in [0.15, 0.2) is 41.3 Å². The quantitative estimate of drug-likeness (QED) is 0.808. The van der Waals surface area contributed by atoms with Crippen LogP contribution in [0.3, 0.4) is 0 Å². The zero-order valence-electron chi connectivity index (χ0n) is 14.4. The third-order valence-electron chi connectivity index (χ3n) is 3.62. The number of halogens is 2. The van der Waals surface area contributed by atoms with Gasteiger partial charge in [-0.2, -0.15) is 0 Å². The molecule has 0 aliphatic carbocycles. The zero-order chi connectivity index (χ0) is 19.5. The molecule has 0 aromatic heterocycles. The van der Waals surface area contributed by atoms with E-state index in [0.29, 0.717) is 0 Å². The fourth-order valence-electron chi connectivity index (χ4n) is 2.21. The van der Waals surface area contributed by atoms with Crippen LogP contribution in [0.5, 0.6) is 5.75 Å². The highest BCUT2D eigenvalue weighted by atomic mass is 35.5. The van der Waals surface area contributed by atoms with Crippen molar-refractivity contribution in [1.82, 2.24) is 4.31 Å². The molecule has 0 radical (unpaired) electrons. The average Bonchev–Trinajstić information content (AvgIpc) is 2.58. The van der Waals surface area contributed by atoms with Crippen LogP contribution in [0.2, 0.25) is 5.02 Å². The highest BCUT2D eigenvalue weighted by molar-refractivity contribution is 7.89. The number of benzene rings is 2. The summed E-state index contributed by atoms with van der Waals surface area (Å²) in [5, 5.41) is 2.68. The molecular formula is C17H18ClFN2O4S. The van der Waals surface area contributed by atoms with Crippen LogP contribution in [0, 0.1) is 5.82 Å². The molecule has 0 heterocycles. The van der Waals surface area contributed by atoms with Crippen LogP contribution < -0.4 is 10.1 Å². The summed E-state index contributed by atoms with van der Waals surface area (Å²) in [5.41, 5.74) is 0.218. The molecule has 0 saturated heterocycles. The molecule has 0 atom stereocenters. The number of anilines is 1. The Hall–Kier alpha value is -2.16. The first-order valence-corrected chi connectivity index (χ1v) is 9.32. The Morgan fingerprint density at radius 1 is 1.27 bits per heavy atom. The molecule has 26 heavy (non-hydrogen) atoms. The van der Waals surface area contributed by atoms with Gasteiger partial charge in [0.15, 0.2) is 0 Å². The zero-order valence-corrected chi connectivity index (χ0v) is 16.0. The average molecular weight is 401 g/mol. The maximum atomic E-state index is 13.8. The van der Waals surface area contributed by atoms with E-state index in [9.17, 15) is 17.6 Å². The Morgan fingerprint density at radius 3 is 2.54 bits per heavy atom. The molecular weight excluding hydrogens is 383 g/mol. The van der Waals surface area contributed by atoms with Crippen molar-refractivity contribution in [2.24, 2.45) is 0 Å². The van der Waals surface area contributed by atoms with Crippen LogP contribution in [0.25, 0.3) is 0 Å². The molecule has 6 nitrogen and oxygen atoms in total. The normalized spacial score (nSPS) is 11.5. The lowest BCUT2D eigenvalue weighted by molar-refractivity contribution is -0.115. The van der Waals surface area contributed by atoms with Crippen LogP contribution in [-0.2, 0) is 21.2 Å². The molecule has 0 spiro atoms. The summed E-state index contributed by atoms with van der Waals surface area (Å²) in [6.45, 7) is 0. The lowest BCUT2D eigenvalue weighted by Crippen LogP contribution is -2.22. The number of methoxy groups -OCH3 is 1. The van der Waals surface area contributed by atoms with E-state index in [4.69, 9.17) is 16.3 Å². The molecule has 0 aliphatic rings. The first-order valence-electron chi connectivity index (χ1n) is 7.50. The van der Waals surface area contributed by atoms with Gasteiger partial charge in [0.25, 0.3) is 0 Å². The third-order valence-corrected chi connectivity index (χ3v) is 5.79. The van der Waals surface area contributed by atoms with Gasteiger partial charge in [0.2, 0.25) is 15.9 Å². The summed E-state index contributed by atoms with van der Waals surface area (Å²) in [6, 6.07) is 8.23. The molecule has 2 aromatic carbocycles. The fraction of sp³-hybridized carbons (Fsp3) is 0.235. The van der Waals surface area contributed by atoms with Crippen molar-refractivity contribution in [2.45, 2.75) is 11.3 Å². The Labute approximate surface area is 156 Å². The highest BCUT2D eigenvalue weighted by Crippen LogP contribution is 2.29. The Balaban J connectivity index is 2.32. The standard InChI is InChI=1S/C17H18ClFN2O4S/c1-21(2)26(23,24)11-7-8-16(25-3)15(9-11)20-17(22)10-12-13(18)5-4-6-14(12)19/h4-9H,10H2,1-3H3,(H,20,22). The largest absolute Gasteiger partial charge is 0.495 e. The number of carbonyl (C=O) groups excluding carboxylic acids is 1. The van der Waals surface area contributed by atoms with Crippen LogP contribution in [0.4, 0.5) is 10.1 Å². The van der Waals surface area contributed by atoms with Gasteiger partial charge in [-0.05, 0) is 30.3 Å². The maximum absolute atomic E-state index is 13.8. The Kier molecular flexibility index (Phi) is 6.22. The van der Waals surface area contributed by atoms with Gasteiger partial charge in [0.1, 0.15) is 11.6 Å². The second kappa shape index (κ2) is 8.03. The summed E-state index contributed by atoms with van der Waals surface area (Å²) >= 11 is 5.93. The minimum atomic E-state index is -3.69. The number of hydrogen-bond donors (Lipinski definition) is 1. The summed E-state index contributed by atoms with van der Waals surface area (Å²) in [5.74, 6) is -0.881. The summed E-state index contributed by atoms with van der Waals surface area (Å²) < 4.78 is 44.5. The molecule has 9 heteroatoms. The molecule has 2 rings (SSSR count). The second-order valence-electron chi connectivity index (χ2n) is 5.57. The van der Waals surface area contributed by atoms with E-state index in [0.717, 1.165) is 4.31 Å². The van der Waals surface area contributed by atoms with E-state index in [1.54, 1.807) is 0 Å². The monoisotopic (exact) mass is 400 g/mol. The van der Waals surface area contributed by atoms with Crippen molar-refractivity contribution in [3.05, 3.63) is 52.8 Å². The number of nitrogens with zero attached hydrogens (tertiary/aromatic N) is 1. The molecule has 0 bridgehead atoms. The fourth-order valence-corrected chi connectivity index (χ4v) is 3.37. The first-order chi connectivity index (χ1) is 12.2.